The van der Waals surface area contributed by atoms with Crippen LogP contribution in [0.5, 0.6) is 5.75 Å². The van der Waals surface area contributed by atoms with E-state index in [1.165, 1.54) is 31.4 Å². The maximum absolute atomic E-state index is 13.1. The molecule has 0 fully saturated rings. The number of carbonyl (C=O) groups is 1. The van der Waals surface area contributed by atoms with E-state index >= 15 is 0 Å². The molecule has 0 aliphatic rings. The van der Waals surface area contributed by atoms with Gasteiger partial charge in [0.1, 0.15) is 10.6 Å². The zero-order valence-electron chi connectivity index (χ0n) is 13.2. The molecule has 0 atom stereocenters. The van der Waals surface area contributed by atoms with E-state index in [1.807, 2.05) is 0 Å². The van der Waals surface area contributed by atoms with Crippen molar-refractivity contribution in [2.45, 2.75) is 17.5 Å². The van der Waals surface area contributed by atoms with Crippen LogP contribution in [0, 0.1) is 0 Å². The lowest BCUT2D eigenvalue weighted by atomic mass is 10.1. The Morgan fingerprint density at radius 2 is 1.73 bits per heavy atom. The molecule has 140 valence electrons. The van der Waals surface area contributed by atoms with Gasteiger partial charge in [0, 0.05) is 5.02 Å². The SMILES string of the molecule is COC(=O)Cc1ccc(OS(=O)(=O)c2ccc(Cl)cc2C(F)(F)F)cc1. The van der Waals surface area contributed by atoms with Gasteiger partial charge >= 0.3 is 22.3 Å². The third-order valence-electron chi connectivity index (χ3n) is 3.22. The normalized spacial score (nSPS) is 11.9. The summed E-state index contributed by atoms with van der Waals surface area (Å²) in [6, 6.07) is 7.50. The number of halogens is 4. The maximum atomic E-state index is 13.1. The number of methoxy groups -OCH3 is 1. The maximum Gasteiger partial charge on any atom is 0.417 e. The Bertz CT molecular complexity index is 908. The zero-order valence-corrected chi connectivity index (χ0v) is 14.8. The number of esters is 1. The Kier molecular flexibility index (Phi) is 5.82. The minimum absolute atomic E-state index is 0.0427. The highest BCUT2D eigenvalue weighted by atomic mass is 35.5. The first-order valence-corrected chi connectivity index (χ1v) is 8.78. The fraction of sp³-hybridized carbons (Fsp3) is 0.188. The lowest BCUT2D eigenvalue weighted by molar-refractivity contribution is -0.140. The van der Waals surface area contributed by atoms with Crippen molar-refractivity contribution in [3.05, 3.63) is 58.6 Å². The Morgan fingerprint density at radius 1 is 1.12 bits per heavy atom. The summed E-state index contributed by atoms with van der Waals surface area (Å²) in [7, 11) is -3.54. The van der Waals surface area contributed by atoms with Crippen molar-refractivity contribution in [2.24, 2.45) is 0 Å². The second-order valence-electron chi connectivity index (χ2n) is 5.07. The molecule has 0 heterocycles. The van der Waals surface area contributed by atoms with E-state index in [0.29, 0.717) is 11.6 Å². The molecule has 0 N–H and O–H groups in total. The van der Waals surface area contributed by atoms with Crippen LogP contribution in [-0.2, 0) is 32.2 Å². The van der Waals surface area contributed by atoms with E-state index in [1.54, 1.807) is 0 Å². The molecule has 10 heteroatoms. The molecule has 2 aromatic rings. The number of carbonyl (C=O) groups excluding carboxylic acids is 1. The van der Waals surface area contributed by atoms with Crippen LogP contribution in [0.2, 0.25) is 5.02 Å². The van der Waals surface area contributed by atoms with Crippen LogP contribution in [0.4, 0.5) is 13.2 Å². The van der Waals surface area contributed by atoms with Crippen molar-refractivity contribution < 1.29 is 35.3 Å². The summed E-state index contributed by atoms with van der Waals surface area (Å²) in [6.45, 7) is 0. The molecule has 0 bridgehead atoms. The first-order valence-electron chi connectivity index (χ1n) is 7.00. The Hall–Kier alpha value is -2.26. The number of alkyl halides is 3. The van der Waals surface area contributed by atoms with Gasteiger partial charge in [-0.3, -0.25) is 4.79 Å². The molecule has 0 amide bonds. The smallest absolute Gasteiger partial charge is 0.417 e. The highest BCUT2D eigenvalue weighted by molar-refractivity contribution is 7.87. The number of ether oxygens (including phenoxy) is 1. The summed E-state index contributed by atoms with van der Waals surface area (Å²) in [5.74, 6) is -0.705. The number of rotatable bonds is 5. The van der Waals surface area contributed by atoms with E-state index in [-0.39, 0.29) is 17.2 Å². The van der Waals surface area contributed by atoms with Crippen LogP contribution in [-0.4, -0.2) is 21.5 Å². The average molecular weight is 409 g/mol. The van der Waals surface area contributed by atoms with E-state index < -0.39 is 32.7 Å². The topological polar surface area (TPSA) is 69.7 Å². The standard InChI is InChI=1S/C16H12ClF3O5S/c1-24-15(21)8-10-2-5-12(6-3-10)25-26(22,23)14-7-4-11(17)9-13(14)16(18,19)20/h2-7,9H,8H2,1H3. The predicted molar refractivity (Wildman–Crippen MR) is 86.4 cm³/mol. The summed E-state index contributed by atoms with van der Waals surface area (Å²) in [5, 5.41) is -0.261. The molecule has 0 radical (unpaired) electrons. The fourth-order valence-corrected chi connectivity index (χ4v) is 3.32. The van der Waals surface area contributed by atoms with E-state index in [4.69, 9.17) is 15.8 Å². The molecule has 26 heavy (non-hydrogen) atoms. The molecule has 2 aromatic carbocycles. The minimum Gasteiger partial charge on any atom is -0.469 e. The van der Waals surface area contributed by atoms with E-state index in [0.717, 1.165) is 12.1 Å². The third kappa shape index (κ3) is 4.89. The molecular weight excluding hydrogens is 397 g/mol. The van der Waals surface area contributed by atoms with Gasteiger partial charge < -0.3 is 8.92 Å². The summed E-state index contributed by atoms with van der Waals surface area (Å²) < 4.78 is 73.0. The molecule has 0 aliphatic heterocycles. The Balaban J connectivity index is 2.31. The average Bonchev–Trinajstić information content (AvgIpc) is 2.55. The second-order valence-corrected chi connectivity index (χ2v) is 7.02. The van der Waals surface area contributed by atoms with Crippen LogP contribution in [0.15, 0.2) is 47.4 Å². The van der Waals surface area contributed by atoms with Crippen molar-refractivity contribution >= 4 is 27.7 Å². The summed E-state index contributed by atoms with van der Waals surface area (Å²) in [5.41, 5.74) is -0.906. The van der Waals surface area contributed by atoms with Gasteiger partial charge in [0.25, 0.3) is 0 Å². The Labute approximate surface area is 152 Å². The van der Waals surface area contributed by atoms with Crippen molar-refractivity contribution in [3.8, 4) is 5.75 Å². The van der Waals surface area contributed by atoms with Crippen LogP contribution >= 0.6 is 11.6 Å². The van der Waals surface area contributed by atoms with Gasteiger partial charge in [0.2, 0.25) is 0 Å². The van der Waals surface area contributed by atoms with E-state index in [9.17, 15) is 26.4 Å². The van der Waals surface area contributed by atoms with Gasteiger partial charge in [-0.05, 0) is 35.9 Å². The summed E-state index contributed by atoms with van der Waals surface area (Å²) >= 11 is 5.53. The summed E-state index contributed by atoms with van der Waals surface area (Å²) in [6.07, 6.45) is -4.97. The summed E-state index contributed by atoms with van der Waals surface area (Å²) in [4.78, 5) is 10.1. The minimum atomic E-state index is -4.93. The molecule has 0 aromatic heterocycles. The van der Waals surface area contributed by atoms with Crippen LogP contribution in [0.25, 0.3) is 0 Å². The zero-order chi connectivity index (χ0) is 19.5. The van der Waals surface area contributed by atoms with Crippen LogP contribution < -0.4 is 4.18 Å². The number of hydrogen-bond acceptors (Lipinski definition) is 5. The molecule has 2 rings (SSSR count). The largest absolute Gasteiger partial charge is 0.469 e. The van der Waals surface area contributed by atoms with Gasteiger partial charge in [-0.15, -0.1) is 0 Å². The molecule has 0 aliphatic carbocycles. The van der Waals surface area contributed by atoms with Crippen molar-refractivity contribution in [1.29, 1.82) is 0 Å². The first-order chi connectivity index (χ1) is 12.0. The quantitative estimate of drug-likeness (QED) is 0.555. The molecule has 0 spiro atoms. The van der Waals surface area contributed by atoms with Gasteiger partial charge in [0.05, 0.1) is 19.1 Å². The molecule has 0 saturated heterocycles. The number of hydrogen-bond donors (Lipinski definition) is 0. The highest BCUT2D eigenvalue weighted by Crippen LogP contribution is 2.36. The molecular formula is C16H12ClF3O5S. The van der Waals surface area contributed by atoms with Crippen LogP contribution in [0.3, 0.4) is 0 Å². The van der Waals surface area contributed by atoms with E-state index in [2.05, 4.69) is 4.74 Å². The lowest BCUT2D eigenvalue weighted by Gasteiger charge is -2.14. The van der Waals surface area contributed by atoms with Crippen molar-refractivity contribution in [1.82, 2.24) is 0 Å². The third-order valence-corrected chi connectivity index (χ3v) is 4.76. The second kappa shape index (κ2) is 7.55. The van der Waals surface area contributed by atoms with Crippen molar-refractivity contribution in [2.75, 3.05) is 7.11 Å². The predicted octanol–water partition coefficient (Wildman–Crippen LogP) is 3.84. The van der Waals surface area contributed by atoms with Crippen molar-refractivity contribution in [3.63, 3.8) is 0 Å². The molecule has 0 saturated carbocycles. The van der Waals surface area contributed by atoms with Gasteiger partial charge in [0.15, 0.2) is 0 Å². The van der Waals surface area contributed by atoms with Crippen LogP contribution in [0.1, 0.15) is 11.1 Å². The fourth-order valence-electron chi connectivity index (χ4n) is 2.02. The monoisotopic (exact) mass is 408 g/mol. The van der Waals surface area contributed by atoms with Gasteiger partial charge in [-0.2, -0.15) is 21.6 Å². The number of benzene rings is 2. The lowest BCUT2D eigenvalue weighted by Crippen LogP contribution is -2.17. The molecule has 0 unspecified atom stereocenters. The van der Waals surface area contributed by atoms with Gasteiger partial charge in [-0.1, -0.05) is 23.7 Å². The van der Waals surface area contributed by atoms with Gasteiger partial charge in [-0.25, -0.2) is 0 Å². The highest BCUT2D eigenvalue weighted by Gasteiger charge is 2.38. The molecule has 5 nitrogen and oxygen atoms in total. The first kappa shape index (κ1) is 20.1. The Morgan fingerprint density at radius 3 is 2.27 bits per heavy atom.